The molecule has 3 nitrogen and oxygen atoms in total. The number of nitrogens with two attached hydrogens (primary N) is 1. The molecule has 21 heavy (non-hydrogen) atoms. The normalized spacial score (nSPS) is 12.0. The van der Waals surface area contributed by atoms with Crippen molar-refractivity contribution in [1.29, 1.82) is 0 Å². The van der Waals surface area contributed by atoms with E-state index in [1.807, 2.05) is 43.3 Å². The molecule has 3 N–H and O–H groups in total. The molecule has 0 saturated carbocycles. The van der Waals surface area contributed by atoms with Gasteiger partial charge in [0.15, 0.2) is 0 Å². The average Bonchev–Trinajstić information content (AvgIpc) is 2.44. The van der Waals surface area contributed by atoms with Crippen LogP contribution in [0, 0.1) is 5.82 Å². The fraction of sp³-hybridized carbons (Fsp3) is 0.250. The zero-order valence-corrected chi connectivity index (χ0v) is 12.9. The van der Waals surface area contributed by atoms with Crippen LogP contribution >= 0.6 is 11.6 Å². The summed E-state index contributed by atoms with van der Waals surface area (Å²) in [7, 11) is 3.98. The first kappa shape index (κ1) is 15.6. The summed E-state index contributed by atoms with van der Waals surface area (Å²) in [4.78, 5) is 2.03. The Balaban J connectivity index is 2.19. The van der Waals surface area contributed by atoms with Gasteiger partial charge in [-0.2, -0.15) is 0 Å². The van der Waals surface area contributed by atoms with Crippen LogP contribution < -0.4 is 16.0 Å². The van der Waals surface area contributed by atoms with Crippen LogP contribution in [0.1, 0.15) is 11.6 Å². The summed E-state index contributed by atoms with van der Waals surface area (Å²) in [6, 6.07) is 12.3. The van der Waals surface area contributed by atoms with Gasteiger partial charge in [-0.05, 0) is 35.9 Å². The Hall–Kier alpha value is -1.78. The van der Waals surface area contributed by atoms with E-state index in [1.165, 1.54) is 12.1 Å². The molecule has 0 radical (unpaired) electrons. The fourth-order valence-corrected chi connectivity index (χ4v) is 2.34. The summed E-state index contributed by atoms with van der Waals surface area (Å²) in [5, 5.41) is 3.57. The van der Waals surface area contributed by atoms with Crippen molar-refractivity contribution in [2.45, 2.75) is 6.04 Å². The summed E-state index contributed by atoms with van der Waals surface area (Å²) in [5.41, 5.74) is 8.60. The van der Waals surface area contributed by atoms with E-state index in [2.05, 4.69) is 5.32 Å². The van der Waals surface area contributed by atoms with Gasteiger partial charge in [0.2, 0.25) is 0 Å². The van der Waals surface area contributed by atoms with E-state index < -0.39 is 0 Å². The van der Waals surface area contributed by atoms with Crippen molar-refractivity contribution in [3.05, 3.63) is 58.9 Å². The summed E-state index contributed by atoms with van der Waals surface area (Å²) >= 11 is 5.86. The molecule has 0 bridgehead atoms. The van der Waals surface area contributed by atoms with Crippen molar-refractivity contribution in [3.63, 3.8) is 0 Å². The molecule has 0 aliphatic heterocycles. The number of benzene rings is 2. The molecular weight excluding hydrogens is 289 g/mol. The lowest BCUT2D eigenvalue weighted by molar-refractivity contribution is 0.627. The predicted molar refractivity (Wildman–Crippen MR) is 87.6 cm³/mol. The van der Waals surface area contributed by atoms with E-state index in [4.69, 9.17) is 17.3 Å². The lowest BCUT2D eigenvalue weighted by atomic mass is 10.1. The highest BCUT2D eigenvalue weighted by molar-refractivity contribution is 6.30. The van der Waals surface area contributed by atoms with Crippen molar-refractivity contribution in [2.24, 2.45) is 5.73 Å². The summed E-state index contributed by atoms with van der Waals surface area (Å²) in [5.74, 6) is -0.372. The zero-order chi connectivity index (χ0) is 15.4. The highest BCUT2D eigenvalue weighted by Gasteiger charge is 2.11. The molecule has 0 aliphatic rings. The zero-order valence-electron chi connectivity index (χ0n) is 12.1. The molecule has 0 aliphatic carbocycles. The molecule has 0 spiro atoms. The minimum absolute atomic E-state index is 0.0981. The Morgan fingerprint density at radius 3 is 2.38 bits per heavy atom. The maximum absolute atomic E-state index is 13.4. The van der Waals surface area contributed by atoms with E-state index in [9.17, 15) is 4.39 Å². The average molecular weight is 308 g/mol. The van der Waals surface area contributed by atoms with Gasteiger partial charge in [-0.3, -0.25) is 0 Å². The molecule has 2 aromatic rings. The molecular formula is C16H19ClFN3. The van der Waals surface area contributed by atoms with E-state index in [-0.39, 0.29) is 11.9 Å². The monoisotopic (exact) mass is 307 g/mol. The molecule has 2 aromatic carbocycles. The minimum atomic E-state index is -0.372. The summed E-state index contributed by atoms with van der Waals surface area (Å²) in [6.07, 6.45) is 0. The van der Waals surface area contributed by atoms with Crippen LogP contribution in [0.15, 0.2) is 42.5 Å². The van der Waals surface area contributed by atoms with Crippen LogP contribution in [0.2, 0.25) is 5.02 Å². The second kappa shape index (κ2) is 6.78. The van der Waals surface area contributed by atoms with Gasteiger partial charge >= 0.3 is 0 Å². The number of hydrogen-bond donors (Lipinski definition) is 2. The molecule has 5 heteroatoms. The molecule has 0 heterocycles. The van der Waals surface area contributed by atoms with Crippen LogP contribution in [-0.4, -0.2) is 20.6 Å². The van der Waals surface area contributed by atoms with Crippen LogP contribution in [0.25, 0.3) is 0 Å². The van der Waals surface area contributed by atoms with Crippen LogP contribution in [0.4, 0.5) is 15.8 Å². The second-order valence-corrected chi connectivity index (χ2v) is 5.51. The van der Waals surface area contributed by atoms with Crippen molar-refractivity contribution < 1.29 is 4.39 Å². The third kappa shape index (κ3) is 4.09. The van der Waals surface area contributed by atoms with Crippen LogP contribution in [-0.2, 0) is 0 Å². The summed E-state index contributed by atoms with van der Waals surface area (Å²) < 4.78 is 13.4. The van der Waals surface area contributed by atoms with E-state index in [0.29, 0.717) is 17.3 Å². The highest BCUT2D eigenvalue weighted by Crippen LogP contribution is 2.24. The Labute approximate surface area is 129 Å². The van der Waals surface area contributed by atoms with Gasteiger partial charge in [0.05, 0.1) is 6.04 Å². The first-order valence-corrected chi connectivity index (χ1v) is 7.07. The SMILES string of the molecule is CN(C)c1ccc(C(CN)Nc2cc(F)cc(Cl)c2)cc1. The predicted octanol–water partition coefficient (Wildman–Crippen LogP) is 3.66. The molecule has 1 unspecified atom stereocenters. The topological polar surface area (TPSA) is 41.3 Å². The summed E-state index contributed by atoms with van der Waals surface area (Å²) in [6.45, 7) is 0.398. The second-order valence-electron chi connectivity index (χ2n) is 5.08. The van der Waals surface area contributed by atoms with Gasteiger partial charge in [-0.15, -0.1) is 0 Å². The first-order valence-electron chi connectivity index (χ1n) is 6.69. The smallest absolute Gasteiger partial charge is 0.126 e. The molecule has 0 fully saturated rings. The first-order chi connectivity index (χ1) is 9.99. The Kier molecular flexibility index (Phi) is 5.04. The maximum Gasteiger partial charge on any atom is 0.126 e. The minimum Gasteiger partial charge on any atom is -0.378 e. The maximum atomic E-state index is 13.4. The van der Waals surface area contributed by atoms with Crippen molar-refractivity contribution in [1.82, 2.24) is 0 Å². The molecule has 1 atom stereocenters. The Morgan fingerprint density at radius 1 is 1.19 bits per heavy atom. The third-order valence-electron chi connectivity index (χ3n) is 3.25. The van der Waals surface area contributed by atoms with Crippen LogP contribution in [0.5, 0.6) is 0 Å². The number of anilines is 2. The lowest BCUT2D eigenvalue weighted by Gasteiger charge is -2.20. The standard InChI is InChI=1S/C16H19ClFN3/c1-21(2)15-5-3-11(4-6-15)16(10-19)20-14-8-12(17)7-13(18)9-14/h3-9,16,20H,10,19H2,1-2H3. The molecule has 2 rings (SSSR count). The number of nitrogens with one attached hydrogen (secondary N) is 1. The van der Waals surface area contributed by atoms with Crippen molar-refractivity contribution in [3.8, 4) is 0 Å². The molecule has 112 valence electrons. The Bertz CT molecular complexity index is 579. The fourth-order valence-electron chi connectivity index (χ4n) is 2.12. The number of rotatable bonds is 5. The molecule has 0 saturated heterocycles. The highest BCUT2D eigenvalue weighted by atomic mass is 35.5. The Morgan fingerprint density at radius 2 is 1.86 bits per heavy atom. The number of nitrogens with zero attached hydrogens (tertiary/aromatic N) is 1. The van der Waals surface area contributed by atoms with Gasteiger partial charge in [0.25, 0.3) is 0 Å². The van der Waals surface area contributed by atoms with Gasteiger partial charge in [0.1, 0.15) is 5.82 Å². The third-order valence-corrected chi connectivity index (χ3v) is 3.47. The molecule has 0 aromatic heterocycles. The van der Waals surface area contributed by atoms with Gasteiger partial charge in [-0.1, -0.05) is 23.7 Å². The van der Waals surface area contributed by atoms with Crippen molar-refractivity contribution >= 4 is 23.0 Å². The molecule has 0 amide bonds. The van der Waals surface area contributed by atoms with E-state index >= 15 is 0 Å². The van der Waals surface area contributed by atoms with Gasteiger partial charge in [-0.25, -0.2) is 4.39 Å². The van der Waals surface area contributed by atoms with Crippen LogP contribution in [0.3, 0.4) is 0 Å². The van der Waals surface area contributed by atoms with Gasteiger partial charge < -0.3 is 16.0 Å². The van der Waals surface area contributed by atoms with Gasteiger partial charge in [0, 0.05) is 37.0 Å². The number of halogens is 2. The van der Waals surface area contributed by atoms with Crippen molar-refractivity contribution in [2.75, 3.05) is 30.9 Å². The largest absolute Gasteiger partial charge is 0.378 e. The quantitative estimate of drug-likeness (QED) is 0.886. The lowest BCUT2D eigenvalue weighted by Crippen LogP contribution is -2.20. The number of hydrogen-bond acceptors (Lipinski definition) is 3. The van der Waals surface area contributed by atoms with E-state index in [1.54, 1.807) is 6.07 Å². The van der Waals surface area contributed by atoms with E-state index in [0.717, 1.165) is 11.3 Å².